The van der Waals surface area contributed by atoms with Gasteiger partial charge in [0, 0.05) is 47.8 Å². The minimum absolute atomic E-state index is 0.0414. The van der Waals surface area contributed by atoms with Crippen molar-refractivity contribution in [3.63, 3.8) is 0 Å². The smallest absolute Gasteiger partial charge is 0.174 e. The zero-order valence-corrected chi connectivity index (χ0v) is 21.4. The largest absolute Gasteiger partial charge is 0.339 e. The van der Waals surface area contributed by atoms with Crippen molar-refractivity contribution < 1.29 is 4.79 Å². The van der Waals surface area contributed by atoms with Gasteiger partial charge in [-0.15, -0.1) is 11.3 Å². The summed E-state index contributed by atoms with van der Waals surface area (Å²) in [5.41, 5.74) is 6.93. The van der Waals surface area contributed by atoms with Gasteiger partial charge >= 0.3 is 0 Å². The number of nitrogens with zero attached hydrogens (tertiary/aromatic N) is 5. The molecule has 0 spiro atoms. The molecule has 5 rings (SSSR count). The first-order valence-corrected chi connectivity index (χ1v) is 12.4. The second-order valence-corrected chi connectivity index (χ2v) is 10.9. The molecule has 0 atom stereocenters. The van der Waals surface area contributed by atoms with Crippen LogP contribution in [0.15, 0.2) is 49.2 Å². The standard InChI is InChI=1S/C27H28N6OS/c1-16-10-18(7-6-17(16)8-9-22(34)23-13-28-26(35-23)27(2,3)4)24-20-11-21(19-12-31-33(5)14-19)32-25(20)30-15-29-24/h6-7,10-15H,8-9H2,1-5H3,(H,29,30,32). The van der Waals surface area contributed by atoms with Crippen molar-refractivity contribution in [3.8, 4) is 22.5 Å². The number of carbonyl (C=O) groups excluding carboxylic acids is 1. The van der Waals surface area contributed by atoms with Crippen LogP contribution in [0.3, 0.4) is 0 Å². The molecule has 1 aromatic carbocycles. The molecule has 0 unspecified atom stereocenters. The summed E-state index contributed by atoms with van der Waals surface area (Å²) in [4.78, 5) is 30.3. The molecule has 0 saturated heterocycles. The highest BCUT2D eigenvalue weighted by molar-refractivity contribution is 7.13. The molecular formula is C27H28N6OS. The van der Waals surface area contributed by atoms with E-state index in [1.165, 1.54) is 11.3 Å². The third-order valence-corrected chi connectivity index (χ3v) is 7.57. The van der Waals surface area contributed by atoms with Crippen LogP contribution in [0.5, 0.6) is 0 Å². The number of hydrogen-bond donors (Lipinski definition) is 1. The van der Waals surface area contributed by atoms with Gasteiger partial charge in [0.25, 0.3) is 0 Å². The summed E-state index contributed by atoms with van der Waals surface area (Å²) in [6.45, 7) is 8.43. The monoisotopic (exact) mass is 484 g/mol. The van der Waals surface area contributed by atoms with Crippen LogP contribution in [0.1, 0.15) is 53.0 Å². The van der Waals surface area contributed by atoms with Gasteiger partial charge in [-0.1, -0.05) is 32.9 Å². The van der Waals surface area contributed by atoms with E-state index in [1.807, 2.05) is 19.4 Å². The van der Waals surface area contributed by atoms with E-state index in [2.05, 4.69) is 77.0 Å². The average Bonchev–Trinajstić information content (AvgIpc) is 3.56. The average molecular weight is 485 g/mol. The first-order chi connectivity index (χ1) is 16.7. The zero-order valence-electron chi connectivity index (χ0n) is 20.6. The second kappa shape index (κ2) is 8.85. The number of nitrogens with one attached hydrogen (secondary N) is 1. The number of Topliss-reactive ketones (excluding diaryl/α,β-unsaturated/α-hetero) is 1. The third kappa shape index (κ3) is 4.66. The topological polar surface area (TPSA) is 89.4 Å². The van der Waals surface area contributed by atoms with Gasteiger partial charge in [0.05, 0.1) is 27.5 Å². The number of ketones is 1. The maximum Gasteiger partial charge on any atom is 0.174 e. The second-order valence-electron chi connectivity index (χ2n) is 9.91. The van der Waals surface area contributed by atoms with Crippen LogP contribution in [-0.4, -0.2) is 35.5 Å². The first kappa shape index (κ1) is 23.1. The molecule has 7 nitrogen and oxygen atoms in total. The lowest BCUT2D eigenvalue weighted by Crippen LogP contribution is -2.09. The van der Waals surface area contributed by atoms with Crippen molar-refractivity contribution in [2.45, 2.75) is 46.0 Å². The van der Waals surface area contributed by atoms with Gasteiger partial charge in [-0.3, -0.25) is 9.48 Å². The maximum absolute atomic E-state index is 12.8. The number of fused-ring (bicyclic) bond motifs is 1. The molecule has 0 amide bonds. The Kier molecular flexibility index (Phi) is 5.84. The molecule has 0 bridgehead atoms. The summed E-state index contributed by atoms with van der Waals surface area (Å²) in [6.07, 6.45) is 8.27. The van der Waals surface area contributed by atoms with Crippen LogP contribution in [0.4, 0.5) is 0 Å². The van der Waals surface area contributed by atoms with E-state index in [9.17, 15) is 4.79 Å². The highest BCUT2D eigenvalue weighted by Crippen LogP contribution is 2.31. The fraction of sp³-hybridized carbons (Fsp3) is 0.296. The Balaban J connectivity index is 1.36. The zero-order chi connectivity index (χ0) is 24.7. The van der Waals surface area contributed by atoms with Crippen molar-refractivity contribution in [2.75, 3.05) is 0 Å². The predicted octanol–water partition coefficient (Wildman–Crippen LogP) is 5.90. The number of thiazole rings is 1. The summed E-state index contributed by atoms with van der Waals surface area (Å²) in [5.74, 6) is 0.147. The van der Waals surface area contributed by atoms with Crippen molar-refractivity contribution in [3.05, 3.63) is 70.2 Å². The summed E-state index contributed by atoms with van der Waals surface area (Å²) in [7, 11) is 1.90. The summed E-state index contributed by atoms with van der Waals surface area (Å²) < 4.78 is 1.78. The highest BCUT2D eigenvalue weighted by Gasteiger charge is 2.20. The Morgan fingerprint density at radius 2 is 1.91 bits per heavy atom. The number of carbonyl (C=O) groups is 1. The molecule has 0 radical (unpaired) electrons. The minimum atomic E-state index is -0.0414. The van der Waals surface area contributed by atoms with E-state index in [1.54, 1.807) is 17.2 Å². The third-order valence-electron chi connectivity index (χ3n) is 6.10. The van der Waals surface area contributed by atoms with Gasteiger partial charge < -0.3 is 4.98 Å². The molecule has 0 saturated carbocycles. The van der Waals surface area contributed by atoms with Gasteiger partial charge in [0.15, 0.2) is 5.78 Å². The Morgan fingerprint density at radius 1 is 1.09 bits per heavy atom. The molecule has 178 valence electrons. The van der Waals surface area contributed by atoms with E-state index in [-0.39, 0.29) is 11.2 Å². The molecule has 0 aliphatic rings. The van der Waals surface area contributed by atoms with Crippen LogP contribution in [0.25, 0.3) is 33.5 Å². The lowest BCUT2D eigenvalue weighted by Gasteiger charge is -2.13. The summed E-state index contributed by atoms with van der Waals surface area (Å²) in [5, 5.41) is 6.22. The lowest BCUT2D eigenvalue weighted by molar-refractivity contribution is 0.0986. The van der Waals surface area contributed by atoms with Crippen molar-refractivity contribution in [2.24, 2.45) is 7.05 Å². The molecular weight excluding hydrogens is 456 g/mol. The molecule has 0 aliphatic heterocycles. The highest BCUT2D eigenvalue weighted by atomic mass is 32.1. The predicted molar refractivity (Wildman–Crippen MR) is 140 cm³/mol. The molecule has 4 aromatic heterocycles. The number of rotatable bonds is 6. The maximum atomic E-state index is 12.8. The molecule has 0 fully saturated rings. The minimum Gasteiger partial charge on any atom is -0.339 e. The Hall–Kier alpha value is -3.65. The molecule has 4 heterocycles. The Labute approximate surface area is 208 Å². The Morgan fingerprint density at radius 3 is 2.60 bits per heavy atom. The van der Waals surface area contributed by atoms with E-state index in [0.29, 0.717) is 12.8 Å². The molecule has 35 heavy (non-hydrogen) atoms. The van der Waals surface area contributed by atoms with E-state index in [4.69, 9.17) is 0 Å². The molecule has 5 aromatic rings. The molecule has 8 heteroatoms. The van der Waals surface area contributed by atoms with E-state index < -0.39 is 0 Å². The lowest BCUT2D eigenvalue weighted by atomic mass is 9.98. The normalized spacial score (nSPS) is 11.9. The van der Waals surface area contributed by atoms with Gasteiger partial charge in [-0.25, -0.2) is 15.0 Å². The summed E-state index contributed by atoms with van der Waals surface area (Å²) in [6, 6.07) is 8.40. The van der Waals surface area contributed by atoms with Gasteiger partial charge in [-0.2, -0.15) is 5.10 Å². The van der Waals surface area contributed by atoms with Gasteiger partial charge in [0.1, 0.15) is 12.0 Å². The van der Waals surface area contributed by atoms with Crippen LogP contribution < -0.4 is 0 Å². The quantitative estimate of drug-likeness (QED) is 0.303. The van der Waals surface area contributed by atoms with Crippen molar-refractivity contribution >= 4 is 28.2 Å². The fourth-order valence-corrected chi connectivity index (χ4v) is 5.07. The van der Waals surface area contributed by atoms with Gasteiger partial charge in [0.2, 0.25) is 0 Å². The number of aromatic amines is 1. The SMILES string of the molecule is Cc1cc(-c2ncnc3[nH]c(-c4cnn(C)c4)cc23)ccc1CCC(=O)c1cnc(C(C)(C)C)s1. The van der Waals surface area contributed by atoms with E-state index in [0.717, 1.165) is 54.6 Å². The van der Waals surface area contributed by atoms with Gasteiger partial charge in [-0.05, 0) is 36.6 Å². The first-order valence-electron chi connectivity index (χ1n) is 11.6. The molecule has 0 aliphatic carbocycles. The van der Waals surface area contributed by atoms with Crippen molar-refractivity contribution in [1.29, 1.82) is 0 Å². The number of aromatic nitrogens is 6. The van der Waals surface area contributed by atoms with Crippen LogP contribution >= 0.6 is 11.3 Å². The number of hydrogen-bond acceptors (Lipinski definition) is 6. The Bertz CT molecular complexity index is 1530. The van der Waals surface area contributed by atoms with Crippen LogP contribution in [0, 0.1) is 6.92 Å². The summed E-state index contributed by atoms with van der Waals surface area (Å²) >= 11 is 1.51. The number of benzene rings is 1. The van der Waals surface area contributed by atoms with Crippen molar-refractivity contribution in [1.82, 2.24) is 29.7 Å². The van der Waals surface area contributed by atoms with Crippen LogP contribution in [-0.2, 0) is 18.9 Å². The van der Waals surface area contributed by atoms with E-state index >= 15 is 0 Å². The number of H-pyrrole nitrogens is 1. The van der Waals surface area contributed by atoms with Crippen LogP contribution in [0.2, 0.25) is 0 Å². The fourth-order valence-electron chi connectivity index (χ4n) is 4.13. The molecule has 1 N–H and O–H groups in total. The number of aryl methyl sites for hydroxylation is 3.